The van der Waals surface area contributed by atoms with Crippen LogP contribution in [0.2, 0.25) is 0 Å². The van der Waals surface area contributed by atoms with Crippen molar-refractivity contribution in [3.8, 4) is 0 Å². The molecule has 0 atom stereocenters. The van der Waals surface area contributed by atoms with Gasteiger partial charge in [0.2, 0.25) is 0 Å². The van der Waals surface area contributed by atoms with Crippen LogP contribution in [0.1, 0.15) is 26.7 Å². The van der Waals surface area contributed by atoms with E-state index in [0.717, 1.165) is 4.90 Å². The first-order chi connectivity index (χ1) is 8.57. The second kappa shape index (κ2) is 5.26. The number of nitrogens with one attached hydrogen (secondary N) is 1. The van der Waals surface area contributed by atoms with E-state index in [1.54, 1.807) is 13.8 Å². The molecule has 2 N–H and O–H groups in total. The van der Waals surface area contributed by atoms with Gasteiger partial charge in [-0.3, -0.25) is 4.79 Å². The van der Waals surface area contributed by atoms with Crippen LogP contribution in [0.3, 0.4) is 0 Å². The van der Waals surface area contributed by atoms with Crippen LogP contribution in [0.25, 0.3) is 0 Å². The van der Waals surface area contributed by atoms with Crippen LogP contribution in [-0.4, -0.2) is 46.8 Å². The SMILES string of the molecule is CC(C)CN(CC(=O)O)C(=O)NC1(C(F)(F)F)CC1. The Morgan fingerprint density at radius 3 is 2.21 bits per heavy atom. The Hall–Kier alpha value is -1.47. The van der Waals surface area contributed by atoms with E-state index in [4.69, 9.17) is 5.11 Å². The summed E-state index contributed by atoms with van der Waals surface area (Å²) in [5, 5.41) is 10.6. The molecule has 1 rings (SSSR count). The van der Waals surface area contributed by atoms with E-state index in [2.05, 4.69) is 0 Å². The lowest BCUT2D eigenvalue weighted by Gasteiger charge is -2.27. The smallest absolute Gasteiger partial charge is 0.411 e. The fourth-order valence-electron chi connectivity index (χ4n) is 1.71. The minimum atomic E-state index is -4.50. The summed E-state index contributed by atoms with van der Waals surface area (Å²) in [6.45, 7) is 2.97. The van der Waals surface area contributed by atoms with Crippen molar-refractivity contribution in [2.24, 2.45) is 5.92 Å². The van der Waals surface area contributed by atoms with Crippen LogP contribution >= 0.6 is 0 Å². The van der Waals surface area contributed by atoms with Crippen molar-refractivity contribution < 1.29 is 27.9 Å². The van der Waals surface area contributed by atoms with Crippen LogP contribution in [0, 0.1) is 5.92 Å². The van der Waals surface area contributed by atoms with E-state index < -0.39 is 30.3 Å². The summed E-state index contributed by atoms with van der Waals surface area (Å²) >= 11 is 0. The van der Waals surface area contributed by atoms with Crippen LogP contribution in [0.15, 0.2) is 0 Å². The maximum absolute atomic E-state index is 12.7. The van der Waals surface area contributed by atoms with Crippen LogP contribution in [0.5, 0.6) is 0 Å². The second-order valence-corrected chi connectivity index (χ2v) is 5.18. The average Bonchev–Trinajstić information content (AvgIpc) is 2.95. The number of carbonyl (C=O) groups excluding carboxylic acids is 1. The molecular weight excluding hydrogens is 265 g/mol. The first-order valence-corrected chi connectivity index (χ1v) is 5.93. The molecule has 0 aromatic heterocycles. The molecule has 0 heterocycles. The third-order valence-electron chi connectivity index (χ3n) is 2.84. The van der Waals surface area contributed by atoms with Crippen LogP contribution in [-0.2, 0) is 4.79 Å². The van der Waals surface area contributed by atoms with Gasteiger partial charge in [0.25, 0.3) is 0 Å². The third kappa shape index (κ3) is 4.00. The van der Waals surface area contributed by atoms with Crippen molar-refractivity contribution in [1.82, 2.24) is 10.2 Å². The van der Waals surface area contributed by atoms with Gasteiger partial charge in [-0.1, -0.05) is 13.8 Å². The van der Waals surface area contributed by atoms with E-state index in [1.807, 2.05) is 5.32 Å². The van der Waals surface area contributed by atoms with E-state index in [-0.39, 0.29) is 25.3 Å². The maximum atomic E-state index is 12.7. The van der Waals surface area contributed by atoms with Gasteiger partial charge in [-0.15, -0.1) is 0 Å². The Bertz CT molecular complexity index is 365. The van der Waals surface area contributed by atoms with E-state index in [0.29, 0.717) is 0 Å². The lowest BCUT2D eigenvalue weighted by atomic mass is 10.2. The summed E-state index contributed by atoms with van der Waals surface area (Å²) in [6, 6.07) is -0.981. The molecule has 5 nitrogen and oxygen atoms in total. The number of hydrogen-bond donors (Lipinski definition) is 2. The molecule has 0 aliphatic heterocycles. The Morgan fingerprint density at radius 2 is 1.89 bits per heavy atom. The molecule has 1 fully saturated rings. The summed E-state index contributed by atoms with van der Waals surface area (Å²) in [6.07, 6.45) is -4.83. The zero-order valence-corrected chi connectivity index (χ0v) is 10.8. The fourth-order valence-corrected chi connectivity index (χ4v) is 1.71. The Balaban J connectivity index is 2.70. The monoisotopic (exact) mass is 282 g/mol. The van der Waals surface area contributed by atoms with Crippen molar-refractivity contribution in [1.29, 1.82) is 0 Å². The van der Waals surface area contributed by atoms with E-state index >= 15 is 0 Å². The highest BCUT2D eigenvalue weighted by atomic mass is 19.4. The summed E-state index contributed by atoms with van der Waals surface area (Å²) in [5.41, 5.74) is -2.17. The predicted molar refractivity (Wildman–Crippen MR) is 60.6 cm³/mol. The molecule has 0 spiro atoms. The van der Waals surface area contributed by atoms with Crippen molar-refractivity contribution >= 4 is 12.0 Å². The number of aliphatic carboxylic acids is 1. The number of rotatable bonds is 5. The highest BCUT2D eigenvalue weighted by Gasteiger charge is 2.64. The standard InChI is InChI=1S/C11H17F3N2O3/c1-7(2)5-16(6-8(17)18)9(19)15-10(3-4-10)11(12,13)14/h7H,3-6H2,1-2H3,(H,15,19)(H,17,18). The van der Waals surface area contributed by atoms with Gasteiger partial charge in [0.15, 0.2) is 0 Å². The minimum absolute atomic E-state index is 0.0360. The van der Waals surface area contributed by atoms with Crippen molar-refractivity contribution in [2.45, 2.75) is 38.4 Å². The summed E-state index contributed by atoms with van der Waals surface area (Å²) < 4.78 is 38.1. The molecule has 0 radical (unpaired) electrons. The zero-order chi connectivity index (χ0) is 14.8. The van der Waals surface area contributed by atoms with Gasteiger partial charge in [0.05, 0.1) is 0 Å². The lowest BCUT2D eigenvalue weighted by molar-refractivity contribution is -0.163. The topological polar surface area (TPSA) is 69.6 Å². The normalized spacial score (nSPS) is 17.2. The number of halogens is 3. The lowest BCUT2D eigenvalue weighted by Crippen LogP contribution is -2.54. The number of urea groups is 1. The number of amides is 2. The Kier molecular flexibility index (Phi) is 4.32. The van der Waals surface area contributed by atoms with Gasteiger partial charge in [-0.05, 0) is 18.8 Å². The molecule has 0 unspecified atom stereocenters. The molecule has 0 bridgehead atoms. The van der Waals surface area contributed by atoms with Gasteiger partial charge in [-0.2, -0.15) is 13.2 Å². The highest BCUT2D eigenvalue weighted by Crippen LogP contribution is 2.48. The second-order valence-electron chi connectivity index (χ2n) is 5.18. The van der Waals surface area contributed by atoms with Crippen molar-refractivity contribution in [3.63, 3.8) is 0 Å². The zero-order valence-electron chi connectivity index (χ0n) is 10.8. The molecule has 1 saturated carbocycles. The molecule has 8 heteroatoms. The summed E-state index contributed by atoms with van der Waals surface area (Å²) in [5.74, 6) is -1.29. The minimum Gasteiger partial charge on any atom is -0.480 e. The first-order valence-electron chi connectivity index (χ1n) is 5.93. The molecule has 2 amide bonds. The number of nitrogens with zero attached hydrogens (tertiary/aromatic N) is 1. The predicted octanol–water partition coefficient (Wildman–Crippen LogP) is 1.83. The highest BCUT2D eigenvalue weighted by molar-refractivity contribution is 5.81. The first kappa shape index (κ1) is 15.6. The molecule has 1 aliphatic carbocycles. The number of carboxylic acid groups (broad SMARTS) is 1. The van der Waals surface area contributed by atoms with Crippen molar-refractivity contribution in [3.05, 3.63) is 0 Å². The maximum Gasteiger partial charge on any atom is 0.411 e. The summed E-state index contributed by atoms with van der Waals surface area (Å²) in [7, 11) is 0. The Labute approximate surface area is 108 Å². The number of carbonyl (C=O) groups is 2. The quantitative estimate of drug-likeness (QED) is 0.808. The third-order valence-corrected chi connectivity index (χ3v) is 2.84. The summed E-state index contributed by atoms with van der Waals surface area (Å²) in [4.78, 5) is 23.3. The van der Waals surface area contributed by atoms with E-state index in [1.165, 1.54) is 0 Å². The molecule has 1 aliphatic rings. The fraction of sp³-hybridized carbons (Fsp3) is 0.818. The van der Waals surface area contributed by atoms with Gasteiger partial charge in [0.1, 0.15) is 12.1 Å². The molecule has 19 heavy (non-hydrogen) atoms. The molecule has 0 aromatic carbocycles. The van der Waals surface area contributed by atoms with Crippen LogP contribution in [0.4, 0.5) is 18.0 Å². The van der Waals surface area contributed by atoms with Crippen LogP contribution < -0.4 is 5.32 Å². The number of hydrogen-bond acceptors (Lipinski definition) is 2. The largest absolute Gasteiger partial charge is 0.480 e. The van der Waals surface area contributed by atoms with Gasteiger partial charge < -0.3 is 15.3 Å². The molecule has 0 aromatic rings. The van der Waals surface area contributed by atoms with Crippen molar-refractivity contribution in [2.75, 3.05) is 13.1 Å². The van der Waals surface area contributed by atoms with Gasteiger partial charge >= 0.3 is 18.2 Å². The molecule has 110 valence electrons. The number of alkyl halides is 3. The molecule has 0 saturated heterocycles. The Morgan fingerprint density at radius 1 is 1.37 bits per heavy atom. The van der Waals surface area contributed by atoms with Gasteiger partial charge in [-0.25, -0.2) is 4.79 Å². The molecular formula is C11H17F3N2O3. The van der Waals surface area contributed by atoms with Gasteiger partial charge in [0, 0.05) is 6.54 Å². The average molecular weight is 282 g/mol. The number of carboxylic acids is 1. The van der Waals surface area contributed by atoms with E-state index in [9.17, 15) is 22.8 Å².